The van der Waals surface area contributed by atoms with Gasteiger partial charge in [0.25, 0.3) is 0 Å². The van der Waals surface area contributed by atoms with Crippen LogP contribution in [-0.4, -0.2) is 59.3 Å². The molecule has 0 aliphatic heterocycles. The monoisotopic (exact) mass is 366 g/mol. The van der Waals surface area contributed by atoms with Crippen LogP contribution < -0.4 is 5.32 Å². The molecule has 1 atom stereocenters. The number of carbonyl (C=O) groups excluding carboxylic acids is 1. The summed E-state index contributed by atoms with van der Waals surface area (Å²) in [6.45, 7) is 3.01. The minimum absolute atomic E-state index is 0.00787. The number of amides is 1. The van der Waals surface area contributed by atoms with Crippen molar-refractivity contribution < 1.29 is 19.4 Å². The lowest BCUT2D eigenvalue weighted by molar-refractivity contribution is -0.142. The van der Waals surface area contributed by atoms with Gasteiger partial charge in [-0.3, -0.25) is 14.5 Å². The lowest BCUT2D eigenvalue weighted by Crippen LogP contribution is -2.56. The second kappa shape index (κ2) is 9.18. The highest BCUT2D eigenvalue weighted by Gasteiger charge is 2.38. The molecule has 3 saturated carbocycles. The van der Waals surface area contributed by atoms with Crippen LogP contribution in [0.2, 0.25) is 0 Å². The molecular weight excluding hydrogens is 332 g/mol. The zero-order chi connectivity index (χ0) is 18.5. The van der Waals surface area contributed by atoms with E-state index in [1.165, 1.54) is 32.1 Å². The van der Waals surface area contributed by atoms with Gasteiger partial charge in [-0.15, -0.1) is 0 Å². The van der Waals surface area contributed by atoms with E-state index in [0.29, 0.717) is 12.3 Å². The average Bonchev–Trinajstić information content (AvgIpc) is 3.39. The van der Waals surface area contributed by atoms with Gasteiger partial charge in [0, 0.05) is 18.6 Å². The molecule has 2 N–H and O–H groups in total. The molecule has 6 heteroatoms. The van der Waals surface area contributed by atoms with Crippen molar-refractivity contribution >= 4 is 11.9 Å². The smallest absolute Gasteiger partial charge is 0.317 e. The number of carbonyl (C=O) groups is 2. The summed E-state index contributed by atoms with van der Waals surface area (Å²) in [6, 6.07) is 0.448. The maximum atomic E-state index is 12.5. The largest absolute Gasteiger partial charge is 0.480 e. The van der Waals surface area contributed by atoms with Crippen LogP contribution >= 0.6 is 0 Å². The number of nitrogens with zero attached hydrogens (tertiary/aromatic N) is 1. The Balaban J connectivity index is 1.41. The lowest BCUT2D eigenvalue weighted by atomic mass is 9.85. The zero-order valence-corrected chi connectivity index (χ0v) is 16.0. The Morgan fingerprint density at radius 1 is 1.15 bits per heavy atom. The SMILES string of the molecule is CCC(OC1CCCCC1)C(=O)NC1CC(N(CC(=O)O)CC2CC2)C1. The van der Waals surface area contributed by atoms with Gasteiger partial charge in [-0.05, 0) is 50.9 Å². The summed E-state index contributed by atoms with van der Waals surface area (Å²) in [5.41, 5.74) is 0. The highest BCUT2D eigenvalue weighted by molar-refractivity contribution is 5.81. The highest BCUT2D eigenvalue weighted by atomic mass is 16.5. The minimum Gasteiger partial charge on any atom is -0.480 e. The van der Waals surface area contributed by atoms with Crippen LogP contribution in [0, 0.1) is 5.92 Å². The molecule has 0 aromatic heterocycles. The van der Waals surface area contributed by atoms with E-state index in [9.17, 15) is 9.59 Å². The summed E-state index contributed by atoms with van der Waals surface area (Å²) in [6.07, 6.45) is 10.6. The first-order valence-corrected chi connectivity index (χ1v) is 10.5. The van der Waals surface area contributed by atoms with E-state index in [0.717, 1.165) is 32.2 Å². The fourth-order valence-corrected chi connectivity index (χ4v) is 4.22. The molecule has 0 spiro atoms. The van der Waals surface area contributed by atoms with Crippen molar-refractivity contribution in [1.29, 1.82) is 0 Å². The van der Waals surface area contributed by atoms with Crippen molar-refractivity contribution in [3.8, 4) is 0 Å². The Bertz CT molecular complexity index is 482. The van der Waals surface area contributed by atoms with Crippen molar-refractivity contribution in [2.24, 2.45) is 5.92 Å². The number of rotatable bonds is 10. The van der Waals surface area contributed by atoms with Crippen LogP contribution in [0.5, 0.6) is 0 Å². The maximum Gasteiger partial charge on any atom is 0.317 e. The van der Waals surface area contributed by atoms with Gasteiger partial charge in [0.15, 0.2) is 0 Å². The molecule has 26 heavy (non-hydrogen) atoms. The summed E-state index contributed by atoms with van der Waals surface area (Å²) < 4.78 is 6.06. The molecule has 1 unspecified atom stereocenters. The molecule has 0 heterocycles. The lowest BCUT2D eigenvalue weighted by Gasteiger charge is -2.43. The summed E-state index contributed by atoms with van der Waals surface area (Å²) in [5, 5.41) is 12.3. The number of hydrogen-bond donors (Lipinski definition) is 2. The fourth-order valence-electron chi connectivity index (χ4n) is 4.22. The molecule has 0 aromatic rings. The summed E-state index contributed by atoms with van der Waals surface area (Å²) >= 11 is 0. The van der Waals surface area contributed by atoms with Gasteiger partial charge in [-0.25, -0.2) is 0 Å². The predicted octanol–water partition coefficient (Wildman–Crippen LogP) is 2.56. The number of hydrogen-bond acceptors (Lipinski definition) is 4. The summed E-state index contributed by atoms with van der Waals surface area (Å²) in [5.74, 6) is -0.0741. The van der Waals surface area contributed by atoms with Crippen LogP contribution in [0.4, 0.5) is 0 Å². The van der Waals surface area contributed by atoms with E-state index in [4.69, 9.17) is 9.84 Å². The molecule has 3 fully saturated rings. The fraction of sp³-hybridized carbons (Fsp3) is 0.900. The Morgan fingerprint density at radius 3 is 2.42 bits per heavy atom. The topological polar surface area (TPSA) is 78.9 Å². The van der Waals surface area contributed by atoms with Gasteiger partial charge in [0.05, 0.1) is 12.6 Å². The first-order chi connectivity index (χ1) is 12.5. The normalized spacial score (nSPS) is 27.8. The van der Waals surface area contributed by atoms with Gasteiger partial charge in [0.2, 0.25) is 5.91 Å². The quantitative estimate of drug-likeness (QED) is 0.621. The van der Waals surface area contributed by atoms with Crippen LogP contribution in [0.1, 0.15) is 71.1 Å². The van der Waals surface area contributed by atoms with Crippen LogP contribution in [-0.2, 0) is 14.3 Å². The first kappa shape index (κ1) is 19.6. The van der Waals surface area contributed by atoms with Gasteiger partial charge < -0.3 is 15.2 Å². The molecule has 0 radical (unpaired) electrons. The summed E-state index contributed by atoms with van der Waals surface area (Å²) in [7, 11) is 0. The van der Waals surface area contributed by atoms with Crippen LogP contribution in [0.25, 0.3) is 0 Å². The maximum absolute atomic E-state index is 12.5. The van der Waals surface area contributed by atoms with Gasteiger partial charge >= 0.3 is 5.97 Å². The van der Waals surface area contributed by atoms with Gasteiger partial charge in [-0.2, -0.15) is 0 Å². The van der Waals surface area contributed by atoms with E-state index >= 15 is 0 Å². The Labute approximate surface area is 156 Å². The van der Waals surface area contributed by atoms with Gasteiger partial charge in [0.1, 0.15) is 6.10 Å². The molecular formula is C20H34N2O4. The van der Waals surface area contributed by atoms with Crippen LogP contribution in [0.15, 0.2) is 0 Å². The molecule has 3 aliphatic rings. The second-order valence-electron chi connectivity index (χ2n) is 8.39. The Kier molecular flexibility index (Phi) is 6.92. The van der Waals surface area contributed by atoms with Gasteiger partial charge in [-0.1, -0.05) is 26.2 Å². The average molecular weight is 367 g/mol. The molecule has 0 bridgehead atoms. The number of nitrogens with one attached hydrogen (secondary N) is 1. The van der Waals surface area contributed by atoms with E-state index in [2.05, 4.69) is 10.2 Å². The van der Waals surface area contributed by atoms with Crippen molar-refractivity contribution in [1.82, 2.24) is 10.2 Å². The molecule has 3 aliphatic carbocycles. The Morgan fingerprint density at radius 2 is 1.85 bits per heavy atom. The first-order valence-electron chi connectivity index (χ1n) is 10.5. The molecule has 3 rings (SSSR count). The van der Waals surface area contributed by atoms with E-state index in [1.54, 1.807) is 0 Å². The van der Waals surface area contributed by atoms with Crippen molar-refractivity contribution in [2.45, 2.75) is 95.4 Å². The number of ether oxygens (including phenoxy) is 1. The summed E-state index contributed by atoms with van der Waals surface area (Å²) in [4.78, 5) is 25.7. The number of aliphatic carboxylic acids is 1. The third-order valence-electron chi connectivity index (χ3n) is 6.08. The van der Waals surface area contributed by atoms with Crippen LogP contribution in [0.3, 0.4) is 0 Å². The van der Waals surface area contributed by atoms with Crippen molar-refractivity contribution in [2.75, 3.05) is 13.1 Å². The minimum atomic E-state index is -0.759. The standard InChI is InChI=1S/C20H34N2O4/c1-2-18(26-17-6-4-3-5-7-17)20(25)21-15-10-16(11-15)22(13-19(23)24)12-14-8-9-14/h14-18H,2-13H2,1H3,(H,21,25)(H,23,24). The molecule has 0 saturated heterocycles. The molecule has 148 valence electrons. The predicted molar refractivity (Wildman–Crippen MR) is 98.9 cm³/mol. The van der Waals surface area contributed by atoms with E-state index < -0.39 is 5.97 Å². The molecule has 6 nitrogen and oxygen atoms in total. The highest BCUT2D eigenvalue weighted by Crippen LogP contribution is 2.34. The van der Waals surface area contributed by atoms with Crippen molar-refractivity contribution in [3.05, 3.63) is 0 Å². The number of carboxylic acid groups (broad SMARTS) is 1. The third kappa shape index (κ3) is 5.68. The zero-order valence-electron chi connectivity index (χ0n) is 16.0. The third-order valence-corrected chi connectivity index (χ3v) is 6.08. The van der Waals surface area contributed by atoms with E-state index in [-0.39, 0.29) is 36.7 Å². The van der Waals surface area contributed by atoms with Crippen molar-refractivity contribution in [3.63, 3.8) is 0 Å². The molecule has 1 amide bonds. The second-order valence-corrected chi connectivity index (χ2v) is 8.39. The number of carboxylic acids is 1. The van der Waals surface area contributed by atoms with E-state index in [1.807, 2.05) is 6.92 Å². The molecule has 0 aromatic carbocycles. The Hall–Kier alpha value is -1.14.